The normalized spacial score (nSPS) is 15.1. The monoisotopic (exact) mass is 516 g/mol. The fourth-order valence-corrected chi connectivity index (χ4v) is 5.81. The van der Waals surface area contributed by atoms with E-state index in [1.807, 2.05) is 62.4 Å². The highest BCUT2D eigenvalue weighted by atomic mass is 32.2. The van der Waals surface area contributed by atoms with Gasteiger partial charge in [0.25, 0.3) is 15.9 Å². The summed E-state index contributed by atoms with van der Waals surface area (Å²) < 4.78 is 40.3. The first-order valence-corrected chi connectivity index (χ1v) is 13.5. The summed E-state index contributed by atoms with van der Waals surface area (Å²) in [7, 11) is -3.90. The molecule has 37 heavy (non-hydrogen) atoms. The average molecular weight is 517 g/mol. The van der Waals surface area contributed by atoms with Crippen molar-refractivity contribution in [1.29, 1.82) is 0 Å². The van der Waals surface area contributed by atoms with Gasteiger partial charge in [0.05, 0.1) is 23.7 Å². The summed E-state index contributed by atoms with van der Waals surface area (Å²) in [5.41, 5.74) is 2.27. The number of carbonyl (C=O) groups is 1. The van der Waals surface area contributed by atoms with Crippen molar-refractivity contribution in [3.05, 3.63) is 96.1 Å². The van der Waals surface area contributed by atoms with Gasteiger partial charge in [-0.15, -0.1) is 0 Å². The topological polar surface area (TPSA) is 84.9 Å². The van der Waals surface area contributed by atoms with Crippen molar-refractivity contribution in [3.8, 4) is 11.5 Å². The highest BCUT2D eigenvalue weighted by Crippen LogP contribution is 2.37. The van der Waals surface area contributed by atoms with Crippen molar-refractivity contribution in [3.63, 3.8) is 0 Å². The molecule has 0 saturated carbocycles. The number of hydrogen-bond acceptors (Lipinski definition) is 5. The molecular weight excluding hydrogens is 488 g/mol. The molecule has 1 aliphatic heterocycles. The SMILES string of the molecule is Cc1ccc(S(=O)(=O)N2C[C@H](C(=O)NCCOc3cccc4ccccc34)Oc3cc(C)ccc32)cc1. The first kappa shape index (κ1) is 24.6. The molecule has 4 aromatic rings. The first-order valence-electron chi connectivity index (χ1n) is 12.1. The molecule has 0 fully saturated rings. The zero-order valence-corrected chi connectivity index (χ0v) is 21.5. The number of rotatable bonds is 7. The van der Waals surface area contributed by atoms with Gasteiger partial charge in [-0.2, -0.15) is 0 Å². The Balaban J connectivity index is 1.30. The third-order valence-corrected chi connectivity index (χ3v) is 8.09. The fourth-order valence-electron chi connectivity index (χ4n) is 4.33. The van der Waals surface area contributed by atoms with Crippen LogP contribution in [0.2, 0.25) is 0 Å². The van der Waals surface area contributed by atoms with Gasteiger partial charge in [0.1, 0.15) is 18.1 Å². The van der Waals surface area contributed by atoms with Gasteiger partial charge < -0.3 is 14.8 Å². The Kier molecular flexibility index (Phi) is 6.76. The Morgan fingerprint density at radius 1 is 0.973 bits per heavy atom. The van der Waals surface area contributed by atoms with Crippen LogP contribution in [0.25, 0.3) is 10.8 Å². The fraction of sp³-hybridized carbons (Fsp3) is 0.207. The number of nitrogens with one attached hydrogen (secondary N) is 1. The van der Waals surface area contributed by atoms with Crippen LogP contribution in [-0.4, -0.2) is 40.1 Å². The molecule has 0 unspecified atom stereocenters. The minimum atomic E-state index is -3.90. The Bertz CT molecular complexity index is 1550. The average Bonchev–Trinajstić information content (AvgIpc) is 2.90. The van der Waals surface area contributed by atoms with Crippen LogP contribution in [0.5, 0.6) is 11.5 Å². The molecule has 1 heterocycles. The number of benzene rings is 4. The van der Waals surface area contributed by atoms with Crippen LogP contribution >= 0.6 is 0 Å². The molecule has 0 radical (unpaired) electrons. The molecule has 1 aliphatic rings. The van der Waals surface area contributed by atoms with Gasteiger partial charge in [-0.3, -0.25) is 9.10 Å². The highest BCUT2D eigenvalue weighted by molar-refractivity contribution is 7.92. The second-order valence-electron chi connectivity index (χ2n) is 9.04. The third-order valence-electron chi connectivity index (χ3n) is 6.29. The summed E-state index contributed by atoms with van der Waals surface area (Å²) in [5, 5.41) is 4.89. The summed E-state index contributed by atoms with van der Waals surface area (Å²) >= 11 is 0. The molecule has 0 spiro atoms. The number of amides is 1. The van der Waals surface area contributed by atoms with Crippen molar-refractivity contribution < 1.29 is 22.7 Å². The van der Waals surface area contributed by atoms with Crippen molar-refractivity contribution in [1.82, 2.24) is 5.32 Å². The second kappa shape index (κ2) is 10.1. The minimum Gasteiger partial charge on any atom is -0.491 e. The number of hydrogen-bond donors (Lipinski definition) is 1. The Morgan fingerprint density at radius 2 is 1.70 bits per heavy atom. The molecule has 8 heteroatoms. The molecule has 5 rings (SSSR count). The van der Waals surface area contributed by atoms with Crippen LogP contribution in [-0.2, 0) is 14.8 Å². The van der Waals surface area contributed by atoms with Gasteiger partial charge in [0, 0.05) is 5.39 Å². The third kappa shape index (κ3) is 5.11. The van der Waals surface area contributed by atoms with E-state index in [9.17, 15) is 13.2 Å². The van der Waals surface area contributed by atoms with Gasteiger partial charge >= 0.3 is 0 Å². The molecule has 0 aromatic heterocycles. The lowest BCUT2D eigenvalue weighted by Crippen LogP contribution is -2.51. The van der Waals surface area contributed by atoms with Crippen LogP contribution in [0.3, 0.4) is 0 Å². The van der Waals surface area contributed by atoms with E-state index < -0.39 is 22.0 Å². The molecule has 0 aliphatic carbocycles. The summed E-state index contributed by atoms with van der Waals surface area (Å²) in [5.74, 6) is 0.688. The van der Waals surface area contributed by atoms with E-state index in [1.54, 1.807) is 36.4 Å². The highest BCUT2D eigenvalue weighted by Gasteiger charge is 2.37. The largest absolute Gasteiger partial charge is 0.491 e. The number of fused-ring (bicyclic) bond motifs is 2. The van der Waals surface area contributed by atoms with Gasteiger partial charge in [-0.25, -0.2) is 8.42 Å². The zero-order valence-electron chi connectivity index (χ0n) is 20.7. The lowest BCUT2D eigenvalue weighted by atomic mass is 10.1. The summed E-state index contributed by atoms with van der Waals surface area (Å²) in [4.78, 5) is 13.2. The maximum atomic E-state index is 13.6. The predicted molar refractivity (Wildman–Crippen MR) is 144 cm³/mol. The number of ether oxygens (including phenoxy) is 2. The van der Waals surface area contributed by atoms with Crippen molar-refractivity contribution in [2.45, 2.75) is 24.8 Å². The van der Waals surface area contributed by atoms with E-state index in [0.29, 0.717) is 11.4 Å². The van der Waals surface area contributed by atoms with Crippen molar-refractivity contribution in [2.24, 2.45) is 0 Å². The van der Waals surface area contributed by atoms with Crippen LogP contribution in [0.4, 0.5) is 5.69 Å². The number of nitrogens with zero attached hydrogens (tertiary/aromatic N) is 1. The predicted octanol–water partition coefficient (Wildman–Crippen LogP) is 4.61. The maximum absolute atomic E-state index is 13.6. The lowest BCUT2D eigenvalue weighted by Gasteiger charge is -2.35. The van der Waals surface area contributed by atoms with Gasteiger partial charge in [-0.05, 0) is 55.1 Å². The quantitative estimate of drug-likeness (QED) is 0.363. The Hall–Kier alpha value is -4.04. The van der Waals surface area contributed by atoms with Crippen LogP contribution in [0.1, 0.15) is 11.1 Å². The first-order chi connectivity index (χ1) is 17.8. The zero-order chi connectivity index (χ0) is 26.0. The number of sulfonamides is 1. The molecule has 1 amide bonds. The van der Waals surface area contributed by atoms with E-state index in [0.717, 1.165) is 27.6 Å². The standard InChI is InChI=1S/C29H28N2O5S/c1-20-10-13-23(14-11-20)37(33,34)31-19-28(36-27-18-21(2)12-15-25(27)31)29(32)30-16-17-35-26-9-5-7-22-6-3-4-8-24(22)26/h3-15,18,28H,16-17,19H2,1-2H3,(H,30,32)/t28-/m1/s1. The van der Waals surface area contributed by atoms with E-state index in [-0.39, 0.29) is 24.6 Å². The van der Waals surface area contributed by atoms with Crippen LogP contribution in [0.15, 0.2) is 89.8 Å². The van der Waals surface area contributed by atoms with E-state index >= 15 is 0 Å². The maximum Gasteiger partial charge on any atom is 0.264 e. The minimum absolute atomic E-state index is 0.137. The molecule has 0 bridgehead atoms. The summed E-state index contributed by atoms with van der Waals surface area (Å²) in [6.07, 6.45) is -1.01. The van der Waals surface area contributed by atoms with Crippen LogP contribution in [0, 0.1) is 13.8 Å². The number of carbonyl (C=O) groups excluding carboxylic acids is 1. The van der Waals surface area contributed by atoms with Crippen molar-refractivity contribution in [2.75, 3.05) is 24.0 Å². The molecule has 1 atom stereocenters. The van der Waals surface area contributed by atoms with E-state index in [4.69, 9.17) is 9.47 Å². The van der Waals surface area contributed by atoms with E-state index in [1.165, 1.54) is 4.31 Å². The number of aryl methyl sites for hydroxylation is 2. The Morgan fingerprint density at radius 3 is 2.51 bits per heavy atom. The summed E-state index contributed by atoms with van der Waals surface area (Å²) in [6.45, 7) is 4.15. The summed E-state index contributed by atoms with van der Waals surface area (Å²) in [6, 6.07) is 25.7. The second-order valence-corrected chi connectivity index (χ2v) is 10.9. The smallest absolute Gasteiger partial charge is 0.264 e. The molecule has 0 saturated heterocycles. The molecular formula is C29H28N2O5S. The van der Waals surface area contributed by atoms with Gasteiger partial charge in [0.2, 0.25) is 0 Å². The van der Waals surface area contributed by atoms with Gasteiger partial charge in [-0.1, -0.05) is 60.2 Å². The van der Waals surface area contributed by atoms with Crippen LogP contribution < -0.4 is 19.1 Å². The molecule has 4 aromatic carbocycles. The number of anilines is 1. The lowest BCUT2D eigenvalue weighted by molar-refractivity contribution is -0.127. The van der Waals surface area contributed by atoms with E-state index in [2.05, 4.69) is 5.32 Å². The van der Waals surface area contributed by atoms with Gasteiger partial charge in [0.15, 0.2) is 6.10 Å². The molecule has 7 nitrogen and oxygen atoms in total. The molecule has 190 valence electrons. The van der Waals surface area contributed by atoms with Crippen molar-refractivity contribution >= 4 is 32.4 Å². The molecule has 1 N–H and O–H groups in total. The Labute approximate surface area is 216 Å².